The molecule has 0 aromatic carbocycles. The van der Waals surface area contributed by atoms with Crippen molar-refractivity contribution in [2.45, 2.75) is 46.1 Å². The van der Waals surface area contributed by atoms with Gasteiger partial charge in [-0.05, 0) is 45.7 Å². The minimum Gasteiger partial charge on any atom is -0.367 e. The zero-order chi connectivity index (χ0) is 15.4. The highest BCUT2D eigenvalue weighted by Crippen LogP contribution is 2.27. The first-order chi connectivity index (χ1) is 10.0. The van der Waals surface area contributed by atoms with E-state index in [0.717, 1.165) is 49.6 Å². The van der Waals surface area contributed by atoms with Crippen LogP contribution in [-0.4, -0.2) is 36.6 Å². The molecule has 1 aromatic rings. The maximum absolute atomic E-state index is 11.9. The molecule has 21 heavy (non-hydrogen) atoms. The molecule has 1 atom stereocenters. The molecule has 1 amide bonds. The second-order valence-corrected chi connectivity index (χ2v) is 5.80. The normalized spacial score (nSPS) is 18.5. The van der Waals surface area contributed by atoms with Crippen LogP contribution in [0, 0.1) is 13.8 Å². The van der Waals surface area contributed by atoms with Crippen molar-refractivity contribution in [2.75, 3.05) is 24.5 Å². The Balaban J connectivity index is 2.45. The maximum atomic E-state index is 11.9. The van der Waals surface area contributed by atoms with Crippen molar-refractivity contribution in [3.8, 4) is 0 Å². The molecule has 116 valence electrons. The summed E-state index contributed by atoms with van der Waals surface area (Å²) in [6.45, 7) is 8.94. The van der Waals surface area contributed by atoms with Crippen molar-refractivity contribution < 1.29 is 4.79 Å². The third-order valence-electron chi connectivity index (χ3n) is 4.04. The summed E-state index contributed by atoms with van der Waals surface area (Å²) in [6, 6.07) is 2.41. The topological polar surface area (TPSA) is 71.2 Å². The van der Waals surface area contributed by atoms with Crippen LogP contribution in [0.3, 0.4) is 0 Å². The van der Waals surface area contributed by atoms with Crippen LogP contribution in [0.4, 0.5) is 5.69 Å². The zero-order valence-corrected chi connectivity index (χ0v) is 13.3. The first-order valence-corrected chi connectivity index (χ1v) is 7.80. The van der Waals surface area contributed by atoms with Crippen LogP contribution < -0.4 is 16.0 Å². The van der Waals surface area contributed by atoms with Gasteiger partial charge in [0.15, 0.2) is 0 Å². The first-order valence-electron chi connectivity index (χ1n) is 7.80. The fraction of sp³-hybridized carbons (Fsp3) is 0.625. The molecule has 0 bridgehead atoms. The minimum atomic E-state index is -0.389. The number of hydrogen-bond acceptors (Lipinski definition) is 4. The smallest absolute Gasteiger partial charge is 0.252 e. The summed E-state index contributed by atoms with van der Waals surface area (Å²) in [6.07, 6.45) is 3.35. The number of amides is 1. The number of primary amides is 1. The number of nitrogens with two attached hydrogens (primary N) is 1. The molecular weight excluding hydrogens is 264 g/mol. The molecule has 5 nitrogen and oxygen atoms in total. The van der Waals surface area contributed by atoms with Gasteiger partial charge in [-0.2, -0.15) is 0 Å². The molecule has 5 heteroatoms. The third-order valence-corrected chi connectivity index (χ3v) is 4.04. The Morgan fingerprint density at radius 2 is 2.29 bits per heavy atom. The fourth-order valence-corrected chi connectivity index (χ4v) is 3.18. The van der Waals surface area contributed by atoms with Crippen LogP contribution in [0.2, 0.25) is 0 Å². The summed E-state index contributed by atoms with van der Waals surface area (Å²) in [5, 5.41) is 3.45. The molecule has 1 aromatic heterocycles. The number of hydrogen-bond donors (Lipinski definition) is 2. The predicted molar refractivity (Wildman–Crippen MR) is 85.8 cm³/mol. The van der Waals surface area contributed by atoms with E-state index in [1.54, 1.807) is 0 Å². The number of anilines is 1. The molecule has 0 radical (unpaired) electrons. The van der Waals surface area contributed by atoms with E-state index in [1.807, 2.05) is 19.9 Å². The highest BCUT2D eigenvalue weighted by molar-refractivity contribution is 5.99. The summed E-state index contributed by atoms with van der Waals surface area (Å²) in [5.41, 5.74) is 8.78. The van der Waals surface area contributed by atoms with E-state index in [1.165, 1.54) is 6.42 Å². The quantitative estimate of drug-likeness (QED) is 0.867. The molecule has 1 saturated heterocycles. The van der Waals surface area contributed by atoms with Crippen LogP contribution in [0.15, 0.2) is 6.07 Å². The van der Waals surface area contributed by atoms with E-state index in [4.69, 9.17) is 5.73 Å². The van der Waals surface area contributed by atoms with Gasteiger partial charge in [-0.1, -0.05) is 6.92 Å². The Labute approximate surface area is 126 Å². The van der Waals surface area contributed by atoms with E-state index in [9.17, 15) is 4.79 Å². The van der Waals surface area contributed by atoms with E-state index in [2.05, 4.69) is 22.1 Å². The summed E-state index contributed by atoms with van der Waals surface area (Å²) < 4.78 is 0. The van der Waals surface area contributed by atoms with Crippen molar-refractivity contribution in [3.05, 3.63) is 23.0 Å². The second kappa shape index (κ2) is 6.89. The second-order valence-electron chi connectivity index (χ2n) is 5.80. The largest absolute Gasteiger partial charge is 0.367 e. The van der Waals surface area contributed by atoms with Gasteiger partial charge in [0.25, 0.3) is 5.91 Å². The number of pyridine rings is 1. The average Bonchev–Trinajstić information content (AvgIpc) is 2.44. The molecule has 1 unspecified atom stereocenters. The molecule has 1 aliphatic heterocycles. The lowest BCUT2D eigenvalue weighted by molar-refractivity contribution is 0.0999. The van der Waals surface area contributed by atoms with Crippen molar-refractivity contribution in [2.24, 2.45) is 5.73 Å². The predicted octanol–water partition coefficient (Wildman–Crippen LogP) is 1.77. The average molecular weight is 290 g/mol. The van der Waals surface area contributed by atoms with Crippen LogP contribution >= 0.6 is 0 Å². The Kier molecular flexibility index (Phi) is 5.17. The van der Waals surface area contributed by atoms with Gasteiger partial charge < -0.3 is 16.0 Å². The molecule has 2 rings (SSSR count). The van der Waals surface area contributed by atoms with E-state index >= 15 is 0 Å². The number of nitrogens with zero attached hydrogens (tertiary/aromatic N) is 2. The summed E-state index contributed by atoms with van der Waals surface area (Å²) in [7, 11) is 0. The zero-order valence-electron chi connectivity index (χ0n) is 13.3. The lowest BCUT2D eigenvalue weighted by Crippen LogP contribution is -2.47. The van der Waals surface area contributed by atoms with E-state index < -0.39 is 0 Å². The molecule has 3 N–H and O–H groups in total. The molecule has 1 fully saturated rings. The van der Waals surface area contributed by atoms with Crippen LogP contribution in [-0.2, 0) is 0 Å². The van der Waals surface area contributed by atoms with E-state index in [0.29, 0.717) is 11.6 Å². The molecule has 1 aliphatic rings. The molecule has 2 heterocycles. The van der Waals surface area contributed by atoms with Gasteiger partial charge >= 0.3 is 0 Å². The van der Waals surface area contributed by atoms with Gasteiger partial charge in [0, 0.05) is 24.8 Å². The van der Waals surface area contributed by atoms with Gasteiger partial charge in [0.1, 0.15) is 0 Å². The minimum absolute atomic E-state index is 0.389. The Morgan fingerprint density at radius 1 is 1.52 bits per heavy atom. The van der Waals surface area contributed by atoms with Crippen molar-refractivity contribution in [1.82, 2.24) is 10.3 Å². The number of carbonyl (C=O) groups is 1. The Bertz CT molecular complexity index is 509. The Hall–Kier alpha value is -1.62. The summed E-state index contributed by atoms with van der Waals surface area (Å²) in [4.78, 5) is 18.6. The highest BCUT2D eigenvalue weighted by Gasteiger charge is 2.25. The fourth-order valence-electron chi connectivity index (χ4n) is 3.18. The van der Waals surface area contributed by atoms with Crippen molar-refractivity contribution in [1.29, 1.82) is 0 Å². The number of aromatic nitrogens is 1. The lowest BCUT2D eigenvalue weighted by Gasteiger charge is -2.37. The standard InChI is InChI=1S/C16H26N4O/c1-4-8-20(13-6-5-7-18-10-13)14-9-11(2)19-12(3)15(14)16(17)21/h9,13,18H,4-8,10H2,1-3H3,(H2,17,21). The van der Waals surface area contributed by atoms with Crippen molar-refractivity contribution >= 4 is 11.6 Å². The number of nitrogens with one attached hydrogen (secondary N) is 1. The first kappa shape index (κ1) is 15.8. The number of carbonyl (C=O) groups excluding carboxylic acids is 1. The van der Waals surface area contributed by atoms with Crippen LogP contribution in [0.1, 0.15) is 47.9 Å². The van der Waals surface area contributed by atoms with Gasteiger partial charge in [-0.3, -0.25) is 9.78 Å². The van der Waals surface area contributed by atoms with Gasteiger partial charge in [0.2, 0.25) is 0 Å². The summed E-state index contributed by atoms with van der Waals surface area (Å²) in [5.74, 6) is -0.389. The van der Waals surface area contributed by atoms with E-state index in [-0.39, 0.29) is 5.91 Å². The molecular formula is C16H26N4O. The Morgan fingerprint density at radius 3 is 2.86 bits per heavy atom. The third kappa shape index (κ3) is 3.53. The monoisotopic (exact) mass is 290 g/mol. The van der Waals surface area contributed by atoms with Crippen LogP contribution in [0.25, 0.3) is 0 Å². The SMILES string of the molecule is CCCN(c1cc(C)nc(C)c1C(N)=O)C1CCCNC1. The maximum Gasteiger partial charge on any atom is 0.252 e. The lowest BCUT2D eigenvalue weighted by atomic mass is 10.0. The van der Waals surface area contributed by atoms with Crippen molar-refractivity contribution in [3.63, 3.8) is 0 Å². The molecule has 0 spiro atoms. The van der Waals surface area contributed by atoms with Gasteiger partial charge in [-0.15, -0.1) is 0 Å². The van der Waals surface area contributed by atoms with Crippen LogP contribution in [0.5, 0.6) is 0 Å². The molecule has 0 saturated carbocycles. The molecule has 0 aliphatic carbocycles. The number of piperidine rings is 1. The van der Waals surface area contributed by atoms with Gasteiger partial charge in [-0.25, -0.2) is 0 Å². The van der Waals surface area contributed by atoms with Gasteiger partial charge in [0.05, 0.1) is 16.9 Å². The highest BCUT2D eigenvalue weighted by atomic mass is 16.1. The summed E-state index contributed by atoms with van der Waals surface area (Å²) >= 11 is 0. The number of aryl methyl sites for hydroxylation is 2. The number of rotatable bonds is 5.